The van der Waals surface area contributed by atoms with E-state index < -0.39 is 0 Å². The molecule has 1 N–H and O–H groups in total. The van der Waals surface area contributed by atoms with Gasteiger partial charge in [0.15, 0.2) is 0 Å². The molecule has 1 aliphatic carbocycles. The number of aryl methyl sites for hydroxylation is 2. The van der Waals surface area contributed by atoms with Crippen molar-refractivity contribution >= 4 is 38.4 Å². The van der Waals surface area contributed by atoms with Crippen molar-refractivity contribution in [3.05, 3.63) is 69.7 Å². The lowest BCUT2D eigenvalue weighted by molar-refractivity contribution is -0.121. The zero-order valence-corrected chi connectivity index (χ0v) is 18.0. The third-order valence-electron chi connectivity index (χ3n) is 5.60. The normalized spacial score (nSPS) is 13.7. The summed E-state index contributed by atoms with van der Waals surface area (Å²) in [5.74, 6) is 0.713. The van der Waals surface area contributed by atoms with Gasteiger partial charge in [-0.2, -0.15) is 0 Å². The van der Waals surface area contributed by atoms with Crippen molar-refractivity contribution < 1.29 is 4.79 Å². The number of carbonyl (C=O) groups excluding carboxylic acids is 1. The fraction of sp³-hybridized carbons (Fsp3) is 0.333. The Kier molecular flexibility index (Phi) is 5.51. The van der Waals surface area contributed by atoms with Crippen LogP contribution in [0.4, 0.5) is 0 Å². The van der Waals surface area contributed by atoms with Crippen LogP contribution < -0.4 is 10.9 Å². The summed E-state index contributed by atoms with van der Waals surface area (Å²) in [6, 6.07) is 15.8. The smallest absolute Gasteiger partial charge is 0.261 e. The highest BCUT2D eigenvalue weighted by molar-refractivity contribution is 7.18. The Bertz CT molecular complexity index is 1270. The van der Waals surface area contributed by atoms with Gasteiger partial charge in [0, 0.05) is 31.8 Å². The van der Waals surface area contributed by atoms with Gasteiger partial charge in [0.25, 0.3) is 5.56 Å². The van der Waals surface area contributed by atoms with Crippen LogP contribution in [-0.2, 0) is 17.6 Å². The number of carbonyl (C=O) groups is 1. The first-order chi connectivity index (χ1) is 15.2. The first-order valence-corrected chi connectivity index (χ1v) is 11.6. The number of nitrogens with one attached hydrogen (secondary N) is 1. The highest BCUT2D eigenvalue weighted by Crippen LogP contribution is 2.34. The predicted octanol–water partition coefficient (Wildman–Crippen LogP) is 4.02. The molecule has 5 rings (SSSR count). The van der Waals surface area contributed by atoms with E-state index >= 15 is 0 Å². The predicted molar refractivity (Wildman–Crippen MR) is 124 cm³/mol. The molecule has 0 radical (unpaired) electrons. The lowest BCUT2D eigenvalue weighted by Crippen LogP contribution is -2.28. The Morgan fingerprint density at radius 3 is 2.61 bits per heavy atom. The summed E-state index contributed by atoms with van der Waals surface area (Å²) >= 11 is 1.71. The van der Waals surface area contributed by atoms with Crippen LogP contribution in [0.3, 0.4) is 0 Å². The minimum Gasteiger partial charge on any atom is -0.356 e. The fourth-order valence-corrected chi connectivity index (χ4v) is 4.89. The number of benzene rings is 2. The van der Waals surface area contributed by atoms with Crippen molar-refractivity contribution in [3.63, 3.8) is 0 Å². The minimum absolute atomic E-state index is 0.00551. The topological polar surface area (TPSA) is 76.9 Å². The number of nitrogens with zero attached hydrogens (tertiary/aromatic N) is 3. The van der Waals surface area contributed by atoms with Gasteiger partial charge in [-0.1, -0.05) is 24.3 Å². The standard InChI is InChI=1S/C24H24N4O2S/c29-22(25-15-5-10-23-27-19-8-3-4-9-20(19)31-23)14-13-21-26-18-7-2-1-6-17(18)24(30)28(21)16-11-12-16/h1-4,6-9,16H,5,10-15H2,(H,25,29). The largest absolute Gasteiger partial charge is 0.356 e. The first-order valence-electron chi connectivity index (χ1n) is 10.8. The molecular weight excluding hydrogens is 408 g/mol. The summed E-state index contributed by atoms with van der Waals surface area (Å²) in [6.45, 7) is 0.620. The third kappa shape index (κ3) is 4.37. The molecule has 7 heteroatoms. The summed E-state index contributed by atoms with van der Waals surface area (Å²) in [7, 11) is 0. The number of aromatic nitrogens is 3. The molecule has 2 aromatic carbocycles. The van der Waals surface area contributed by atoms with Gasteiger partial charge in [-0.3, -0.25) is 14.2 Å². The molecule has 1 saturated carbocycles. The van der Waals surface area contributed by atoms with Crippen molar-refractivity contribution in [2.75, 3.05) is 6.54 Å². The van der Waals surface area contributed by atoms with Gasteiger partial charge in [0.1, 0.15) is 5.82 Å². The van der Waals surface area contributed by atoms with Crippen LogP contribution in [0.25, 0.3) is 21.1 Å². The molecule has 0 aliphatic heterocycles. The monoisotopic (exact) mass is 432 g/mol. The Hall–Kier alpha value is -3.06. The number of para-hydroxylation sites is 2. The average Bonchev–Trinajstić information content (AvgIpc) is 3.53. The highest BCUT2D eigenvalue weighted by Gasteiger charge is 2.28. The molecule has 1 aliphatic rings. The molecule has 1 fully saturated rings. The van der Waals surface area contributed by atoms with Crippen molar-refractivity contribution in [1.82, 2.24) is 19.9 Å². The molecule has 31 heavy (non-hydrogen) atoms. The Labute approximate surface area is 184 Å². The van der Waals surface area contributed by atoms with Crippen molar-refractivity contribution in [3.8, 4) is 0 Å². The molecule has 1 amide bonds. The first kappa shape index (κ1) is 19.9. The molecular formula is C24H24N4O2S. The van der Waals surface area contributed by atoms with E-state index in [1.54, 1.807) is 11.3 Å². The molecule has 2 aromatic heterocycles. The SMILES string of the molecule is O=C(CCc1nc2ccccc2c(=O)n1C1CC1)NCCCc1nc2ccccc2s1. The van der Waals surface area contributed by atoms with E-state index in [2.05, 4.69) is 16.4 Å². The van der Waals surface area contributed by atoms with Crippen LogP contribution in [0.15, 0.2) is 53.3 Å². The molecule has 6 nitrogen and oxygen atoms in total. The number of thiazole rings is 1. The lowest BCUT2D eigenvalue weighted by Gasteiger charge is -2.13. The number of hydrogen-bond acceptors (Lipinski definition) is 5. The molecule has 2 heterocycles. The quantitative estimate of drug-likeness (QED) is 0.427. The fourth-order valence-electron chi connectivity index (χ4n) is 3.89. The molecule has 0 saturated heterocycles. The van der Waals surface area contributed by atoms with Crippen LogP contribution in [0.2, 0.25) is 0 Å². The van der Waals surface area contributed by atoms with Gasteiger partial charge in [-0.25, -0.2) is 9.97 Å². The van der Waals surface area contributed by atoms with Crippen molar-refractivity contribution in [2.24, 2.45) is 0 Å². The van der Waals surface area contributed by atoms with Crippen molar-refractivity contribution in [2.45, 2.75) is 44.6 Å². The maximum Gasteiger partial charge on any atom is 0.261 e. The maximum atomic E-state index is 12.9. The van der Waals surface area contributed by atoms with Gasteiger partial charge in [-0.05, 0) is 43.5 Å². The second-order valence-corrected chi connectivity index (χ2v) is 9.10. The van der Waals surface area contributed by atoms with E-state index in [9.17, 15) is 9.59 Å². The van der Waals surface area contributed by atoms with E-state index in [1.165, 1.54) is 4.70 Å². The van der Waals surface area contributed by atoms with Gasteiger partial charge >= 0.3 is 0 Å². The molecule has 158 valence electrons. The van der Waals surface area contributed by atoms with E-state index in [-0.39, 0.29) is 17.5 Å². The van der Waals surface area contributed by atoms with E-state index in [0.717, 1.165) is 42.0 Å². The van der Waals surface area contributed by atoms with Crippen LogP contribution in [0.5, 0.6) is 0 Å². The summed E-state index contributed by atoms with van der Waals surface area (Å²) in [5.41, 5.74) is 1.76. The van der Waals surface area contributed by atoms with E-state index in [1.807, 2.05) is 47.0 Å². The van der Waals surface area contributed by atoms with Crippen LogP contribution in [0.1, 0.15) is 42.6 Å². The molecule has 0 bridgehead atoms. The van der Waals surface area contributed by atoms with Crippen molar-refractivity contribution in [1.29, 1.82) is 0 Å². The van der Waals surface area contributed by atoms with Gasteiger partial charge in [-0.15, -0.1) is 11.3 Å². The Morgan fingerprint density at radius 2 is 1.81 bits per heavy atom. The van der Waals surface area contributed by atoms with Crippen LogP contribution in [0, 0.1) is 0 Å². The number of amides is 1. The zero-order chi connectivity index (χ0) is 21.2. The molecule has 4 aromatic rings. The van der Waals surface area contributed by atoms with E-state index in [0.29, 0.717) is 30.3 Å². The van der Waals surface area contributed by atoms with Gasteiger partial charge in [0.05, 0.1) is 26.1 Å². The summed E-state index contributed by atoms with van der Waals surface area (Å²) in [4.78, 5) is 34.6. The Balaban J connectivity index is 1.16. The molecule has 0 spiro atoms. The lowest BCUT2D eigenvalue weighted by atomic mass is 10.2. The number of hydrogen-bond donors (Lipinski definition) is 1. The number of fused-ring (bicyclic) bond motifs is 2. The third-order valence-corrected chi connectivity index (χ3v) is 6.69. The minimum atomic E-state index is -0.00551. The average molecular weight is 433 g/mol. The van der Waals surface area contributed by atoms with Gasteiger partial charge < -0.3 is 5.32 Å². The van der Waals surface area contributed by atoms with E-state index in [4.69, 9.17) is 4.98 Å². The highest BCUT2D eigenvalue weighted by atomic mass is 32.1. The van der Waals surface area contributed by atoms with Gasteiger partial charge in [0.2, 0.25) is 5.91 Å². The second-order valence-electron chi connectivity index (χ2n) is 7.98. The summed E-state index contributed by atoms with van der Waals surface area (Å²) in [5, 5.41) is 4.75. The van der Waals surface area contributed by atoms with Crippen LogP contribution in [-0.4, -0.2) is 27.0 Å². The summed E-state index contributed by atoms with van der Waals surface area (Å²) < 4.78 is 3.01. The molecule has 0 atom stereocenters. The Morgan fingerprint density at radius 1 is 1.03 bits per heavy atom. The second kappa shape index (κ2) is 8.59. The summed E-state index contributed by atoms with van der Waals surface area (Å²) in [6.07, 6.45) is 4.52. The zero-order valence-electron chi connectivity index (χ0n) is 17.2. The molecule has 0 unspecified atom stereocenters. The maximum absolute atomic E-state index is 12.9. The number of rotatable bonds is 8. The van der Waals surface area contributed by atoms with Crippen LogP contribution >= 0.6 is 11.3 Å².